The average molecular weight is 228 g/mol. The van der Waals surface area contributed by atoms with Gasteiger partial charge in [-0.1, -0.05) is 13.8 Å². The fourth-order valence-corrected chi connectivity index (χ4v) is 1.31. The number of nitrogens with one attached hydrogen (secondary N) is 1. The van der Waals surface area contributed by atoms with E-state index in [0.29, 0.717) is 18.4 Å². The first-order valence-electron chi connectivity index (χ1n) is 5.19. The molecule has 84 valence electrons. The molecule has 1 rings (SSSR count). The van der Waals surface area contributed by atoms with Crippen molar-refractivity contribution in [2.45, 2.75) is 33.1 Å². The van der Waals surface area contributed by atoms with Crippen molar-refractivity contribution in [1.29, 1.82) is 0 Å². The summed E-state index contributed by atoms with van der Waals surface area (Å²) in [5.41, 5.74) is 1.95. The first-order chi connectivity index (χ1) is 6.99. The van der Waals surface area contributed by atoms with Crippen molar-refractivity contribution in [3.05, 3.63) is 17.5 Å². The number of hydrogen-bond donors (Lipinski definition) is 1. The predicted octanol–water partition coefficient (Wildman–Crippen LogP) is 2.77. The Labute approximate surface area is 96.3 Å². The molecule has 0 fully saturated rings. The van der Waals surface area contributed by atoms with Crippen molar-refractivity contribution < 1.29 is 0 Å². The molecule has 3 nitrogen and oxygen atoms in total. The van der Waals surface area contributed by atoms with Crippen LogP contribution >= 0.6 is 11.6 Å². The summed E-state index contributed by atoms with van der Waals surface area (Å²) in [6.45, 7) is 8.81. The van der Waals surface area contributed by atoms with Gasteiger partial charge in [-0.25, -0.2) is 9.97 Å². The van der Waals surface area contributed by atoms with Gasteiger partial charge in [-0.05, 0) is 25.8 Å². The molecule has 0 aliphatic heterocycles. The Morgan fingerprint density at radius 1 is 1.27 bits per heavy atom. The molecule has 1 heterocycles. The number of halogens is 1. The molecule has 1 atom stereocenters. The summed E-state index contributed by atoms with van der Waals surface area (Å²) in [7, 11) is 0. The van der Waals surface area contributed by atoms with E-state index in [4.69, 9.17) is 11.6 Å². The Hall–Kier alpha value is -0.830. The lowest BCUT2D eigenvalue weighted by molar-refractivity contribution is 0.614. The minimum atomic E-state index is 0.106. The van der Waals surface area contributed by atoms with Gasteiger partial charge >= 0.3 is 0 Å². The second kappa shape index (κ2) is 5.31. The standard InChI is InChI=1S/C11H18ClN3/c1-7(2)10(12)6-13-11-14-8(3)5-9(4)15-11/h5,7,10H,6H2,1-4H3,(H,13,14,15). The highest BCUT2D eigenvalue weighted by atomic mass is 35.5. The van der Waals surface area contributed by atoms with E-state index in [1.165, 1.54) is 0 Å². The summed E-state index contributed by atoms with van der Waals surface area (Å²) >= 11 is 6.13. The maximum Gasteiger partial charge on any atom is 0.223 e. The highest BCUT2D eigenvalue weighted by Crippen LogP contribution is 2.10. The van der Waals surface area contributed by atoms with Gasteiger partial charge in [-0.3, -0.25) is 0 Å². The van der Waals surface area contributed by atoms with Crippen molar-refractivity contribution in [3.63, 3.8) is 0 Å². The van der Waals surface area contributed by atoms with Gasteiger partial charge in [0.15, 0.2) is 0 Å². The molecule has 0 aromatic carbocycles. The predicted molar refractivity (Wildman–Crippen MR) is 64.5 cm³/mol. The molecule has 1 aromatic rings. The summed E-state index contributed by atoms with van der Waals surface area (Å²) < 4.78 is 0. The maximum absolute atomic E-state index is 6.13. The zero-order valence-corrected chi connectivity index (χ0v) is 10.5. The number of aryl methyl sites for hydroxylation is 2. The summed E-state index contributed by atoms with van der Waals surface area (Å²) in [5.74, 6) is 1.11. The smallest absolute Gasteiger partial charge is 0.223 e. The van der Waals surface area contributed by atoms with E-state index >= 15 is 0 Å². The van der Waals surface area contributed by atoms with E-state index in [-0.39, 0.29) is 5.38 Å². The molecule has 1 N–H and O–H groups in total. The van der Waals surface area contributed by atoms with E-state index in [9.17, 15) is 0 Å². The van der Waals surface area contributed by atoms with Crippen molar-refractivity contribution in [2.75, 3.05) is 11.9 Å². The quantitative estimate of drug-likeness (QED) is 0.804. The van der Waals surface area contributed by atoms with E-state index in [2.05, 4.69) is 29.1 Å². The lowest BCUT2D eigenvalue weighted by atomic mass is 10.1. The third-order valence-electron chi connectivity index (χ3n) is 2.16. The lowest BCUT2D eigenvalue weighted by Crippen LogP contribution is -2.20. The van der Waals surface area contributed by atoms with Gasteiger partial charge in [0.25, 0.3) is 0 Å². The van der Waals surface area contributed by atoms with Crippen LogP contribution in [0.15, 0.2) is 6.07 Å². The number of alkyl halides is 1. The first-order valence-corrected chi connectivity index (χ1v) is 5.63. The molecule has 4 heteroatoms. The molecule has 1 unspecified atom stereocenters. The molecule has 0 aliphatic rings. The number of rotatable bonds is 4. The average Bonchev–Trinajstić information content (AvgIpc) is 2.12. The number of anilines is 1. The van der Waals surface area contributed by atoms with Crippen LogP contribution in [-0.2, 0) is 0 Å². The van der Waals surface area contributed by atoms with E-state index in [1.54, 1.807) is 0 Å². The van der Waals surface area contributed by atoms with Crippen molar-refractivity contribution in [1.82, 2.24) is 9.97 Å². The molecule has 0 radical (unpaired) electrons. The Balaban J connectivity index is 2.57. The first kappa shape index (κ1) is 12.2. The second-order valence-electron chi connectivity index (χ2n) is 4.12. The fraction of sp³-hybridized carbons (Fsp3) is 0.636. The molecule has 0 amide bonds. The van der Waals surface area contributed by atoms with E-state index < -0.39 is 0 Å². The summed E-state index contributed by atoms with van der Waals surface area (Å²) in [6, 6.07) is 1.95. The summed E-state index contributed by atoms with van der Waals surface area (Å²) in [4.78, 5) is 8.57. The van der Waals surface area contributed by atoms with Gasteiger partial charge in [-0.2, -0.15) is 0 Å². The molecule has 0 spiro atoms. The highest BCUT2D eigenvalue weighted by molar-refractivity contribution is 6.21. The van der Waals surface area contributed by atoms with Crippen molar-refractivity contribution in [2.24, 2.45) is 5.92 Å². The molecule has 1 aromatic heterocycles. The van der Waals surface area contributed by atoms with Crippen LogP contribution in [0.5, 0.6) is 0 Å². The van der Waals surface area contributed by atoms with Crippen LogP contribution in [0.25, 0.3) is 0 Å². The summed E-state index contributed by atoms with van der Waals surface area (Å²) in [5, 5.41) is 3.26. The van der Waals surface area contributed by atoms with Crippen LogP contribution in [0.1, 0.15) is 25.2 Å². The highest BCUT2D eigenvalue weighted by Gasteiger charge is 2.09. The topological polar surface area (TPSA) is 37.8 Å². The van der Waals surface area contributed by atoms with Crippen molar-refractivity contribution >= 4 is 17.5 Å². The zero-order valence-electron chi connectivity index (χ0n) is 9.71. The Bertz CT molecular complexity index is 305. The van der Waals surface area contributed by atoms with Crippen LogP contribution in [0.2, 0.25) is 0 Å². The zero-order chi connectivity index (χ0) is 11.4. The molecule has 0 saturated heterocycles. The SMILES string of the molecule is Cc1cc(C)nc(NCC(Cl)C(C)C)n1. The molecular formula is C11H18ClN3. The number of aromatic nitrogens is 2. The molecular weight excluding hydrogens is 210 g/mol. The van der Waals surface area contributed by atoms with E-state index in [1.807, 2.05) is 19.9 Å². The minimum Gasteiger partial charge on any atom is -0.353 e. The van der Waals surface area contributed by atoms with Crippen LogP contribution in [0.3, 0.4) is 0 Å². The largest absolute Gasteiger partial charge is 0.353 e. The van der Waals surface area contributed by atoms with Gasteiger partial charge in [0.05, 0.1) is 5.38 Å². The Kier molecular flexibility index (Phi) is 4.33. The van der Waals surface area contributed by atoms with Gasteiger partial charge < -0.3 is 5.32 Å². The van der Waals surface area contributed by atoms with Gasteiger partial charge in [0, 0.05) is 17.9 Å². The second-order valence-corrected chi connectivity index (χ2v) is 4.68. The van der Waals surface area contributed by atoms with Gasteiger partial charge in [0.1, 0.15) is 0 Å². The van der Waals surface area contributed by atoms with Gasteiger partial charge in [-0.15, -0.1) is 11.6 Å². The normalized spacial score (nSPS) is 12.9. The van der Waals surface area contributed by atoms with Crippen LogP contribution < -0.4 is 5.32 Å². The number of hydrogen-bond acceptors (Lipinski definition) is 3. The third-order valence-corrected chi connectivity index (χ3v) is 2.82. The Morgan fingerprint density at radius 2 is 1.80 bits per heavy atom. The molecule has 15 heavy (non-hydrogen) atoms. The molecule has 0 aliphatic carbocycles. The fourth-order valence-electron chi connectivity index (χ4n) is 1.23. The minimum absolute atomic E-state index is 0.106. The van der Waals surface area contributed by atoms with Crippen LogP contribution in [-0.4, -0.2) is 21.9 Å². The summed E-state index contributed by atoms with van der Waals surface area (Å²) in [6.07, 6.45) is 0. The van der Waals surface area contributed by atoms with Crippen LogP contribution in [0.4, 0.5) is 5.95 Å². The van der Waals surface area contributed by atoms with Gasteiger partial charge in [0.2, 0.25) is 5.95 Å². The molecule has 0 saturated carbocycles. The van der Waals surface area contributed by atoms with Crippen LogP contribution in [0, 0.1) is 19.8 Å². The monoisotopic (exact) mass is 227 g/mol. The third kappa shape index (κ3) is 4.04. The molecule has 0 bridgehead atoms. The number of nitrogens with zero attached hydrogens (tertiary/aromatic N) is 2. The lowest BCUT2D eigenvalue weighted by Gasteiger charge is -2.14. The maximum atomic E-state index is 6.13. The van der Waals surface area contributed by atoms with Crippen molar-refractivity contribution in [3.8, 4) is 0 Å². The Morgan fingerprint density at radius 3 is 2.27 bits per heavy atom. The van der Waals surface area contributed by atoms with E-state index in [0.717, 1.165) is 11.4 Å².